The first-order valence-corrected chi connectivity index (χ1v) is 6.53. The lowest BCUT2D eigenvalue weighted by Gasteiger charge is -2.23. The Morgan fingerprint density at radius 2 is 2.06 bits per heavy atom. The lowest BCUT2D eigenvalue weighted by Crippen LogP contribution is -2.27. The van der Waals surface area contributed by atoms with Crippen LogP contribution in [0.2, 0.25) is 0 Å². The lowest BCUT2D eigenvalue weighted by molar-refractivity contribution is 0.154. The van der Waals surface area contributed by atoms with Crippen molar-refractivity contribution in [1.82, 2.24) is 0 Å². The molecule has 4 heteroatoms. The van der Waals surface area contributed by atoms with Gasteiger partial charge in [-0.15, -0.1) is 0 Å². The number of benzene rings is 1. The molecule has 0 heterocycles. The Morgan fingerprint density at radius 3 is 2.67 bits per heavy atom. The number of halogens is 1. The minimum absolute atomic E-state index is 0.203. The van der Waals surface area contributed by atoms with Crippen LogP contribution in [0.3, 0.4) is 0 Å². The summed E-state index contributed by atoms with van der Waals surface area (Å²) >= 11 is 0. The van der Waals surface area contributed by atoms with Crippen molar-refractivity contribution in [3.8, 4) is 0 Å². The average molecular weight is 254 g/mol. The van der Waals surface area contributed by atoms with E-state index in [0.29, 0.717) is 26.2 Å². The zero-order chi connectivity index (χ0) is 13.4. The van der Waals surface area contributed by atoms with Gasteiger partial charge in [-0.05, 0) is 50.6 Å². The summed E-state index contributed by atoms with van der Waals surface area (Å²) in [5.41, 5.74) is 7.36. The van der Waals surface area contributed by atoms with Gasteiger partial charge in [0.15, 0.2) is 0 Å². The highest BCUT2D eigenvalue weighted by Crippen LogP contribution is 2.18. The maximum Gasteiger partial charge on any atom is 0.125 e. The van der Waals surface area contributed by atoms with Gasteiger partial charge in [0.25, 0.3) is 0 Å². The van der Waals surface area contributed by atoms with Crippen LogP contribution < -0.4 is 10.6 Å². The SMILES string of the molecule is CCOCCN(CC)c1cc(F)cc(CCN)c1. The van der Waals surface area contributed by atoms with Crippen LogP contribution in [0.4, 0.5) is 10.1 Å². The summed E-state index contributed by atoms with van der Waals surface area (Å²) in [5.74, 6) is -0.203. The molecule has 0 saturated heterocycles. The Morgan fingerprint density at radius 1 is 1.28 bits per heavy atom. The van der Waals surface area contributed by atoms with Crippen LogP contribution in [0.5, 0.6) is 0 Å². The van der Waals surface area contributed by atoms with Crippen molar-refractivity contribution in [2.45, 2.75) is 20.3 Å². The molecule has 1 aromatic rings. The first-order valence-electron chi connectivity index (χ1n) is 6.53. The van der Waals surface area contributed by atoms with Gasteiger partial charge in [-0.2, -0.15) is 0 Å². The first-order chi connectivity index (χ1) is 8.71. The molecule has 0 radical (unpaired) electrons. The van der Waals surface area contributed by atoms with Crippen LogP contribution >= 0.6 is 0 Å². The van der Waals surface area contributed by atoms with E-state index in [2.05, 4.69) is 11.8 Å². The van der Waals surface area contributed by atoms with Crippen molar-refractivity contribution in [2.75, 3.05) is 37.7 Å². The summed E-state index contributed by atoms with van der Waals surface area (Å²) in [4.78, 5) is 2.11. The Hall–Kier alpha value is -1.13. The summed E-state index contributed by atoms with van der Waals surface area (Å²) < 4.78 is 18.9. The number of anilines is 1. The molecule has 0 aliphatic rings. The van der Waals surface area contributed by atoms with Crippen LogP contribution in [-0.4, -0.2) is 32.8 Å². The van der Waals surface area contributed by atoms with Crippen LogP contribution in [0.1, 0.15) is 19.4 Å². The molecule has 0 saturated carbocycles. The molecule has 0 atom stereocenters. The lowest BCUT2D eigenvalue weighted by atomic mass is 10.1. The predicted octanol–water partition coefficient (Wildman–Crippen LogP) is 2.19. The second-order valence-corrected chi connectivity index (χ2v) is 4.13. The van der Waals surface area contributed by atoms with Gasteiger partial charge in [-0.25, -0.2) is 4.39 Å². The third kappa shape index (κ3) is 4.63. The Kier molecular flexibility index (Phi) is 6.68. The molecule has 0 aromatic heterocycles. The topological polar surface area (TPSA) is 38.5 Å². The molecule has 3 nitrogen and oxygen atoms in total. The molecular formula is C14H23FN2O. The highest BCUT2D eigenvalue weighted by molar-refractivity contribution is 5.49. The van der Waals surface area contributed by atoms with E-state index in [1.165, 1.54) is 0 Å². The number of likely N-dealkylation sites (N-methyl/N-ethyl adjacent to an activating group) is 1. The van der Waals surface area contributed by atoms with E-state index in [0.717, 1.165) is 24.3 Å². The normalized spacial score (nSPS) is 10.7. The molecule has 0 aliphatic heterocycles. The van der Waals surface area contributed by atoms with Gasteiger partial charge < -0.3 is 15.4 Å². The molecule has 0 amide bonds. The van der Waals surface area contributed by atoms with E-state index in [4.69, 9.17) is 10.5 Å². The molecule has 18 heavy (non-hydrogen) atoms. The summed E-state index contributed by atoms with van der Waals surface area (Å²) in [6.07, 6.45) is 0.702. The van der Waals surface area contributed by atoms with Crippen LogP contribution in [0, 0.1) is 5.82 Å². The van der Waals surface area contributed by atoms with Gasteiger partial charge in [-0.3, -0.25) is 0 Å². The largest absolute Gasteiger partial charge is 0.380 e. The summed E-state index contributed by atoms with van der Waals surface area (Å²) in [7, 11) is 0. The summed E-state index contributed by atoms with van der Waals surface area (Å²) in [6, 6.07) is 5.12. The quantitative estimate of drug-likeness (QED) is 0.723. The average Bonchev–Trinajstić information content (AvgIpc) is 2.34. The van der Waals surface area contributed by atoms with E-state index >= 15 is 0 Å². The summed E-state index contributed by atoms with van der Waals surface area (Å²) in [6.45, 7) is 7.53. The molecule has 0 spiro atoms. The second kappa shape index (κ2) is 8.06. The molecule has 1 aromatic carbocycles. The zero-order valence-electron chi connectivity index (χ0n) is 11.3. The van der Waals surface area contributed by atoms with Crippen molar-refractivity contribution in [2.24, 2.45) is 5.73 Å². The standard InChI is InChI=1S/C14H23FN2O/c1-3-17(7-8-18-4-2)14-10-12(5-6-16)9-13(15)11-14/h9-11H,3-8,16H2,1-2H3. The molecular weight excluding hydrogens is 231 g/mol. The number of ether oxygens (including phenoxy) is 1. The van der Waals surface area contributed by atoms with Crippen LogP contribution in [0.25, 0.3) is 0 Å². The first kappa shape index (κ1) is 14.9. The van der Waals surface area contributed by atoms with Gasteiger partial charge in [0.1, 0.15) is 5.82 Å². The number of nitrogens with two attached hydrogens (primary N) is 1. The number of hydrogen-bond donors (Lipinski definition) is 1. The fourth-order valence-electron chi connectivity index (χ4n) is 1.92. The number of nitrogens with zero attached hydrogens (tertiary/aromatic N) is 1. The van der Waals surface area contributed by atoms with Crippen molar-refractivity contribution in [3.63, 3.8) is 0 Å². The van der Waals surface area contributed by atoms with Gasteiger partial charge >= 0.3 is 0 Å². The highest BCUT2D eigenvalue weighted by Gasteiger charge is 2.07. The smallest absolute Gasteiger partial charge is 0.125 e. The summed E-state index contributed by atoms with van der Waals surface area (Å²) in [5, 5.41) is 0. The predicted molar refractivity (Wildman–Crippen MR) is 73.5 cm³/mol. The zero-order valence-corrected chi connectivity index (χ0v) is 11.3. The third-order valence-electron chi connectivity index (χ3n) is 2.83. The third-order valence-corrected chi connectivity index (χ3v) is 2.83. The van der Waals surface area contributed by atoms with Crippen LogP contribution in [0.15, 0.2) is 18.2 Å². The van der Waals surface area contributed by atoms with E-state index in [1.807, 2.05) is 13.0 Å². The van der Waals surface area contributed by atoms with Crippen molar-refractivity contribution >= 4 is 5.69 Å². The molecule has 0 aliphatic carbocycles. The van der Waals surface area contributed by atoms with E-state index in [1.54, 1.807) is 12.1 Å². The monoisotopic (exact) mass is 254 g/mol. The fourth-order valence-corrected chi connectivity index (χ4v) is 1.92. The van der Waals surface area contributed by atoms with Gasteiger partial charge in [0, 0.05) is 25.4 Å². The minimum Gasteiger partial charge on any atom is -0.380 e. The highest BCUT2D eigenvalue weighted by atomic mass is 19.1. The molecule has 102 valence electrons. The molecule has 2 N–H and O–H groups in total. The van der Waals surface area contributed by atoms with E-state index in [9.17, 15) is 4.39 Å². The number of hydrogen-bond acceptors (Lipinski definition) is 3. The van der Waals surface area contributed by atoms with E-state index in [-0.39, 0.29) is 5.82 Å². The Balaban J connectivity index is 2.77. The maximum atomic E-state index is 13.5. The van der Waals surface area contributed by atoms with Crippen molar-refractivity contribution < 1.29 is 9.13 Å². The number of rotatable bonds is 8. The second-order valence-electron chi connectivity index (χ2n) is 4.13. The molecule has 0 bridgehead atoms. The van der Waals surface area contributed by atoms with Crippen molar-refractivity contribution in [3.05, 3.63) is 29.6 Å². The van der Waals surface area contributed by atoms with Crippen molar-refractivity contribution in [1.29, 1.82) is 0 Å². The van der Waals surface area contributed by atoms with E-state index < -0.39 is 0 Å². The van der Waals surface area contributed by atoms with Gasteiger partial charge in [0.05, 0.1) is 6.61 Å². The van der Waals surface area contributed by atoms with Gasteiger partial charge in [0.2, 0.25) is 0 Å². The minimum atomic E-state index is -0.203. The fraction of sp³-hybridized carbons (Fsp3) is 0.571. The molecule has 1 rings (SSSR count). The van der Waals surface area contributed by atoms with Gasteiger partial charge in [-0.1, -0.05) is 0 Å². The maximum absolute atomic E-state index is 13.5. The van der Waals surface area contributed by atoms with Crippen LogP contribution in [-0.2, 0) is 11.2 Å². The Labute approximate surface area is 109 Å². The molecule has 0 unspecified atom stereocenters. The Bertz CT molecular complexity index is 358. The molecule has 0 fully saturated rings.